The molecule has 0 aliphatic carbocycles. The summed E-state index contributed by atoms with van der Waals surface area (Å²) in [5, 5.41) is 11.9. The van der Waals surface area contributed by atoms with Gasteiger partial charge in [0.05, 0.1) is 22.8 Å². The fraction of sp³-hybridized carbons (Fsp3) is 0.0833. The zero-order valence-corrected chi connectivity index (χ0v) is 11.5. The molecule has 8 heteroatoms. The van der Waals surface area contributed by atoms with Crippen LogP contribution in [0.15, 0.2) is 24.4 Å². The SMILES string of the molecule is O=C(O)c1ccnc(CNC(=O)c2cc(Cl)c(Cl)[nH]2)c1. The monoisotopic (exact) mass is 313 g/mol. The van der Waals surface area contributed by atoms with Crippen molar-refractivity contribution in [3.05, 3.63) is 51.5 Å². The quantitative estimate of drug-likeness (QED) is 0.807. The number of carbonyl (C=O) groups excluding carboxylic acids is 1. The normalized spacial score (nSPS) is 10.3. The van der Waals surface area contributed by atoms with Crippen LogP contribution in [0.3, 0.4) is 0 Å². The van der Waals surface area contributed by atoms with Crippen molar-refractivity contribution in [2.24, 2.45) is 0 Å². The Balaban J connectivity index is 2.03. The van der Waals surface area contributed by atoms with E-state index in [1.165, 1.54) is 24.4 Å². The van der Waals surface area contributed by atoms with Crippen LogP contribution < -0.4 is 5.32 Å². The number of hydrogen-bond acceptors (Lipinski definition) is 3. The number of pyridine rings is 1. The van der Waals surface area contributed by atoms with Gasteiger partial charge in [-0.05, 0) is 18.2 Å². The Morgan fingerprint density at radius 2 is 2.10 bits per heavy atom. The van der Waals surface area contributed by atoms with E-state index in [0.29, 0.717) is 5.69 Å². The maximum absolute atomic E-state index is 11.8. The second-order valence-corrected chi connectivity index (χ2v) is 4.65. The van der Waals surface area contributed by atoms with Crippen LogP contribution in [0, 0.1) is 0 Å². The largest absolute Gasteiger partial charge is 0.478 e. The highest BCUT2D eigenvalue weighted by molar-refractivity contribution is 6.41. The molecule has 6 nitrogen and oxygen atoms in total. The Kier molecular flexibility index (Phi) is 4.26. The van der Waals surface area contributed by atoms with Gasteiger partial charge in [0.2, 0.25) is 0 Å². The molecule has 0 saturated heterocycles. The molecular formula is C12H9Cl2N3O3. The van der Waals surface area contributed by atoms with Crippen molar-refractivity contribution in [2.45, 2.75) is 6.54 Å². The van der Waals surface area contributed by atoms with Crippen molar-refractivity contribution < 1.29 is 14.7 Å². The zero-order chi connectivity index (χ0) is 14.7. The minimum atomic E-state index is -1.05. The number of aromatic amines is 1. The average Bonchev–Trinajstić information content (AvgIpc) is 2.76. The predicted octanol–water partition coefficient (Wildman–Crippen LogP) is 2.34. The summed E-state index contributed by atoms with van der Waals surface area (Å²) in [6.07, 6.45) is 1.37. The van der Waals surface area contributed by atoms with Gasteiger partial charge in [0, 0.05) is 6.20 Å². The number of hydrogen-bond donors (Lipinski definition) is 3. The van der Waals surface area contributed by atoms with Crippen molar-refractivity contribution in [3.8, 4) is 0 Å². The summed E-state index contributed by atoms with van der Waals surface area (Å²) >= 11 is 11.4. The summed E-state index contributed by atoms with van der Waals surface area (Å²) in [5.41, 5.74) is 0.756. The molecular weight excluding hydrogens is 305 g/mol. The molecule has 0 aliphatic rings. The number of amides is 1. The minimum Gasteiger partial charge on any atom is -0.478 e. The zero-order valence-electron chi connectivity index (χ0n) is 9.98. The number of carboxylic acids is 1. The second-order valence-electron chi connectivity index (χ2n) is 3.87. The smallest absolute Gasteiger partial charge is 0.335 e. The average molecular weight is 314 g/mol. The lowest BCUT2D eigenvalue weighted by atomic mass is 10.2. The molecule has 2 aromatic heterocycles. The van der Waals surface area contributed by atoms with Gasteiger partial charge in [-0.1, -0.05) is 23.2 Å². The molecule has 0 saturated carbocycles. The van der Waals surface area contributed by atoms with E-state index in [0.717, 1.165) is 0 Å². The lowest BCUT2D eigenvalue weighted by molar-refractivity contribution is 0.0696. The molecule has 104 valence electrons. The third-order valence-electron chi connectivity index (χ3n) is 2.46. The molecule has 3 N–H and O–H groups in total. The number of aromatic nitrogens is 2. The van der Waals surface area contributed by atoms with Gasteiger partial charge in [-0.3, -0.25) is 9.78 Å². The minimum absolute atomic E-state index is 0.0915. The lowest BCUT2D eigenvalue weighted by Gasteiger charge is -2.04. The maximum Gasteiger partial charge on any atom is 0.335 e. The number of rotatable bonds is 4. The number of H-pyrrole nitrogens is 1. The summed E-state index contributed by atoms with van der Waals surface area (Å²) in [6, 6.07) is 4.16. The van der Waals surface area contributed by atoms with Crippen molar-refractivity contribution in [1.29, 1.82) is 0 Å². The number of carboxylic acid groups (broad SMARTS) is 1. The van der Waals surface area contributed by atoms with Gasteiger partial charge in [0.25, 0.3) is 5.91 Å². The molecule has 2 aromatic rings. The predicted molar refractivity (Wildman–Crippen MR) is 73.2 cm³/mol. The van der Waals surface area contributed by atoms with Gasteiger partial charge in [0.1, 0.15) is 10.8 Å². The van der Waals surface area contributed by atoms with Crippen molar-refractivity contribution in [1.82, 2.24) is 15.3 Å². The van der Waals surface area contributed by atoms with Crippen LogP contribution in [0.5, 0.6) is 0 Å². The molecule has 0 spiro atoms. The molecule has 0 fully saturated rings. The first-order chi connectivity index (χ1) is 9.47. The van der Waals surface area contributed by atoms with Crippen molar-refractivity contribution >= 4 is 35.1 Å². The van der Waals surface area contributed by atoms with Gasteiger partial charge >= 0.3 is 5.97 Å². The van der Waals surface area contributed by atoms with Crippen molar-refractivity contribution in [2.75, 3.05) is 0 Å². The van der Waals surface area contributed by atoms with Gasteiger partial charge in [0.15, 0.2) is 0 Å². The lowest BCUT2D eigenvalue weighted by Crippen LogP contribution is -2.23. The van der Waals surface area contributed by atoms with Gasteiger partial charge < -0.3 is 15.4 Å². The number of nitrogens with one attached hydrogen (secondary N) is 2. The first-order valence-corrected chi connectivity index (χ1v) is 6.23. The molecule has 0 radical (unpaired) electrons. The molecule has 0 unspecified atom stereocenters. The summed E-state index contributed by atoms with van der Waals surface area (Å²) in [7, 11) is 0. The van der Waals surface area contributed by atoms with Crippen LogP contribution in [-0.2, 0) is 6.54 Å². The van der Waals surface area contributed by atoms with E-state index in [1.54, 1.807) is 0 Å². The first kappa shape index (κ1) is 14.4. The van der Waals surface area contributed by atoms with Crippen molar-refractivity contribution in [3.63, 3.8) is 0 Å². The van der Waals surface area contributed by atoms with Crippen LogP contribution in [0.2, 0.25) is 10.2 Å². The van der Waals surface area contributed by atoms with Crippen LogP contribution in [-0.4, -0.2) is 27.0 Å². The summed E-state index contributed by atoms with van der Waals surface area (Å²) < 4.78 is 0. The molecule has 0 aromatic carbocycles. The van der Waals surface area contributed by atoms with E-state index in [4.69, 9.17) is 28.3 Å². The fourth-order valence-corrected chi connectivity index (χ4v) is 1.81. The van der Waals surface area contributed by atoms with E-state index >= 15 is 0 Å². The van der Waals surface area contributed by atoms with E-state index in [9.17, 15) is 9.59 Å². The number of carbonyl (C=O) groups is 2. The third-order valence-corrected chi connectivity index (χ3v) is 3.16. The highest BCUT2D eigenvalue weighted by Gasteiger charge is 2.12. The van der Waals surface area contributed by atoms with Crippen LogP contribution in [0.1, 0.15) is 26.5 Å². The van der Waals surface area contributed by atoms with E-state index < -0.39 is 11.9 Å². The van der Waals surface area contributed by atoms with E-state index in [1.807, 2.05) is 0 Å². The van der Waals surface area contributed by atoms with E-state index in [2.05, 4.69) is 15.3 Å². The number of nitrogens with zero attached hydrogens (tertiary/aromatic N) is 1. The van der Waals surface area contributed by atoms with Crippen LogP contribution in [0.25, 0.3) is 0 Å². The standard InChI is InChI=1S/C12H9Cl2N3O3/c13-8-4-9(17-10(8)14)11(18)16-5-7-3-6(12(19)20)1-2-15-7/h1-4,17H,5H2,(H,16,18)(H,19,20). The number of halogens is 2. The van der Waals surface area contributed by atoms with Crippen LogP contribution in [0.4, 0.5) is 0 Å². The Labute approximate surface area is 123 Å². The second kappa shape index (κ2) is 5.94. The topological polar surface area (TPSA) is 95.1 Å². The van der Waals surface area contributed by atoms with E-state index in [-0.39, 0.29) is 28.0 Å². The molecule has 2 heterocycles. The van der Waals surface area contributed by atoms with Gasteiger partial charge in [-0.15, -0.1) is 0 Å². The molecule has 0 atom stereocenters. The highest BCUT2D eigenvalue weighted by atomic mass is 35.5. The Morgan fingerprint density at radius 1 is 1.35 bits per heavy atom. The number of aromatic carboxylic acids is 1. The molecule has 1 amide bonds. The van der Waals surface area contributed by atoms with Crippen LogP contribution >= 0.6 is 23.2 Å². The molecule has 20 heavy (non-hydrogen) atoms. The third kappa shape index (κ3) is 3.28. The molecule has 2 rings (SSSR count). The Hall–Kier alpha value is -2.05. The Bertz CT molecular complexity index is 650. The summed E-state index contributed by atoms with van der Waals surface area (Å²) in [5.74, 6) is -1.47. The summed E-state index contributed by atoms with van der Waals surface area (Å²) in [4.78, 5) is 29.2. The molecule has 0 aliphatic heterocycles. The molecule has 0 bridgehead atoms. The first-order valence-electron chi connectivity index (χ1n) is 5.48. The maximum atomic E-state index is 11.8. The van der Waals surface area contributed by atoms with Gasteiger partial charge in [-0.2, -0.15) is 0 Å². The fourth-order valence-electron chi connectivity index (χ4n) is 1.50. The highest BCUT2D eigenvalue weighted by Crippen LogP contribution is 2.21. The Morgan fingerprint density at radius 3 is 2.70 bits per heavy atom. The summed E-state index contributed by atoms with van der Waals surface area (Å²) in [6.45, 7) is 0.0915. The van der Waals surface area contributed by atoms with Gasteiger partial charge in [-0.25, -0.2) is 4.79 Å².